The van der Waals surface area contributed by atoms with E-state index in [-0.39, 0.29) is 19.4 Å². The fourth-order valence-electron chi connectivity index (χ4n) is 1.10. The Bertz CT molecular complexity index is 365. The van der Waals surface area contributed by atoms with Crippen LogP contribution in [0, 0.1) is 0 Å². The number of halogens is 1. The largest absolute Gasteiger partial charge is 0.467 e. The topological polar surface area (TPSA) is 44.8 Å². The second-order valence-electron chi connectivity index (χ2n) is 3.08. The lowest BCUT2D eigenvalue weighted by atomic mass is 10.2. The zero-order valence-electron chi connectivity index (χ0n) is 9.16. The lowest BCUT2D eigenvalue weighted by Gasteiger charge is -2.11. The van der Waals surface area contributed by atoms with Crippen molar-refractivity contribution in [1.82, 2.24) is 0 Å². The van der Waals surface area contributed by atoms with Crippen molar-refractivity contribution in [3.63, 3.8) is 0 Å². The van der Waals surface area contributed by atoms with Crippen molar-refractivity contribution in [3.05, 3.63) is 28.2 Å². The van der Waals surface area contributed by atoms with Gasteiger partial charge in [-0.1, -0.05) is 15.9 Å². The molecule has 1 rings (SSSR count). The number of rotatable bonds is 5. The van der Waals surface area contributed by atoms with Crippen LogP contribution >= 0.6 is 15.9 Å². The minimum Gasteiger partial charge on any atom is -0.467 e. The van der Waals surface area contributed by atoms with Crippen LogP contribution in [0.5, 0.6) is 5.75 Å². The molecule has 0 atom stereocenters. The predicted octanol–water partition coefficient (Wildman–Crippen LogP) is 2.49. The fourth-order valence-corrected chi connectivity index (χ4v) is 1.51. The smallest absolute Gasteiger partial charge is 0.302 e. The molecule has 0 saturated carbocycles. The van der Waals surface area contributed by atoms with E-state index in [1.54, 1.807) is 13.2 Å². The predicted molar refractivity (Wildman–Crippen MR) is 62.1 cm³/mol. The monoisotopic (exact) mass is 288 g/mol. The van der Waals surface area contributed by atoms with E-state index in [1.165, 1.54) is 6.92 Å². The molecular formula is C11H13BrO4. The molecule has 5 heteroatoms. The Morgan fingerprint density at radius 1 is 1.44 bits per heavy atom. The van der Waals surface area contributed by atoms with E-state index in [0.717, 1.165) is 10.0 Å². The van der Waals surface area contributed by atoms with Crippen molar-refractivity contribution in [2.24, 2.45) is 0 Å². The summed E-state index contributed by atoms with van der Waals surface area (Å²) in [5.41, 5.74) is 0.793. The van der Waals surface area contributed by atoms with Gasteiger partial charge in [-0.3, -0.25) is 4.79 Å². The molecule has 0 N–H and O–H groups in total. The molecule has 0 heterocycles. The highest BCUT2D eigenvalue weighted by atomic mass is 79.9. The maximum absolute atomic E-state index is 10.7. The van der Waals surface area contributed by atoms with Crippen molar-refractivity contribution in [1.29, 1.82) is 0 Å². The van der Waals surface area contributed by atoms with Crippen molar-refractivity contribution < 1.29 is 19.0 Å². The molecule has 0 amide bonds. The maximum atomic E-state index is 10.7. The van der Waals surface area contributed by atoms with E-state index in [1.807, 2.05) is 12.1 Å². The summed E-state index contributed by atoms with van der Waals surface area (Å²) in [6.07, 6.45) is 0. The summed E-state index contributed by atoms with van der Waals surface area (Å²) in [5.74, 6) is 0.323. The van der Waals surface area contributed by atoms with E-state index < -0.39 is 0 Å². The molecule has 0 saturated heterocycles. The molecule has 0 aliphatic carbocycles. The lowest BCUT2D eigenvalue weighted by molar-refractivity contribution is -0.142. The van der Waals surface area contributed by atoms with E-state index >= 15 is 0 Å². The minimum absolute atomic E-state index is 0.161. The second-order valence-corrected chi connectivity index (χ2v) is 4.00. The van der Waals surface area contributed by atoms with Crippen molar-refractivity contribution >= 4 is 21.9 Å². The van der Waals surface area contributed by atoms with Gasteiger partial charge in [-0.25, -0.2) is 0 Å². The Hall–Kier alpha value is -1.07. The van der Waals surface area contributed by atoms with Crippen LogP contribution in [0.2, 0.25) is 0 Å². The van der Waals surface area contributed by atoms with Gasteiger partial charge in [-0.05, 0) is 18.2 Å². The van der Waals surface area contributed by atoms with Gasteiger partial charge in [-0.15, -0.1) is 0 Å². The summed E-state index contributed by atoms with van der Waals surface area (Å²) in [6, 6.07) is 5.48. The molecule has 0 bridgehead atoms. The Balaban J connectivity index is 2.76. The van der Waals surface area contributed by atoms with Crippen LogP contribution in [0.15, 0.2) is 22.7 Å². The number of hydrogen-bond donors (Lipinski definition) is 0. The van der Waals surface area contributed by atoms with Gasteiger partial charge in [0.25, 0.3) is 0 Å². The molecule has 88 valence electrons. The number of carbonyl (C=O) groups is 1. The first-order valence-corrected chi connectivity index (χ1v) is 5.46. The third kappa shape index (κ3) is 4.20. The molecule has 0 aromatic heterocycles. The van der Waals surface area contributed by atoms with Gasteiger partial charge < -0.3 is 14.2 Å². The van der Waals surface area contributed by atoms with Gasteiger partial charge in [0.2, 0.25) is 0 Å². The zero-order valence-corrected chi connectivity index (χ0v) is 10.7. The van der Waals surface area contributed by atoms with Gasteiger partial charge in [0.1, 0.15) is 12.4 Å². The number of ether oxygens (including phenoxy) is 3. The summed E-state index contributed by atoms with van der Waals surface area (Å²) in [4.78, 5) is 10.7. The molecule has 1 aromatic rings. The van der Waals surface area contributed by atoms with Crippen LogP contribution < -0.4 is 4.74 Å². The van der Waals surface area contributed by atoms with Gasteiger partial charge in [0, 0.05) is 24.1 Å². The Morgan fingerprint density at radius 2 is 2.19 bits per heavy atom. The number of benzene rings is 1. The molecule has 0 spiro atoms. The van der Waals surface area contributed by atoms with E-state index in [2.05, 4.69) is 15.9 Å². The lowest BCUT2D eigenvalue weighted by Crippen LogP contribution is -2.04. The van der Waals surface area contributed by atoms with E-state index in [4.69, 9.17) is 14.2 Å². The molecule has 4 nitrogen and oxygen atoms in total. The molecule has 0 aliphatic heterocycles. The first-order valence-electron chi connectivity index (χ1n) is 4.67. The molecule has 0 unspecified atom stereocenters. The fraction of sp³-hybridized carbons (Fsp3) is 0.364. The number of methoxy groups -OCH3 is 1. The SMILES string of the molecule is COCOc1ccc(Br)cc1COC(C)=O. The van der Waals surface area contributed by atoms with Crippen LogP contribution in [0.1, 0.15) is 12.5 Å². The summed E-state index contributed by atoms with van der Waals surface area (Å²) in [5, 5.41) is 0. The maximum Gasteiger partial charge on any atom is 0.302 e. The first-order chi connectivity index (χ1) is 7.63. The highest BCUT2D eigenvalue weighted by Crippen LogP contribution is 2.24. The molecule has 0 aliphatic rings. The average molecular weight is 289 g/mol. The molecule has 1 aromatic carbocycles. The zero-order chi connectivity index (χ0) is 12.0. The van der Waals surface area contributed by atoms with Gasteiger partial charge in [-0.2, -0.15) is 0 Å². The van der Waals surface area contributed by atoms with Crippen molar-refractivity contribution in [2.45, 2.75) is 13.5 Å². The average Bonchev–Trinajstić information content (AvgIpc) is 2.25. The highest BCUT2D eigenvalue weighted by molar-refractivity contribution is 9.10. The quantitative estimate of drug-likeness (QED) is 0.617. The minimum atomic E-state index is -0.322. The van der Waals surface area contributed by atoms with Crippen molar-refractivity contribution in [2.75, 3.05) is 13.9 Å². The van der Waals surface area contributed by atoms with Crippen LogP contribution in [0.4, 0.5) is 0 Å². The standard InChI is InChI=1S/C11H13BrO4/c1-8(13)15-6-9-5-10(12)3-4-11(9)16-7-14-2/h3-5H,6-7H2,1-2H3. The van der Waals surface area contributed by atoms with Crippen LogP contribution in [-0.4, -0.2) is 19.9 Å². The third-order valence-corrected chi connectivity index (χ3v) is 2.28. The van der Waals surface area contributed by atoms with Crippen molar-refractivity contribution in [3.8, 4) is 5.75 Å². The molecule has 0 radical (unpaired) electrons. The summed E-state index contributed by atoms with van der Waals surface area (Å²) in [6.45, 7) is 1.72. The molecule has 16 heavy (non-hydrogen) atoms. The Labute approximate surface area is 103 Å². The van der Waals surface area contributed by atoms with E-state index in [0.29, 0.717) is 5.75 Å². The summed E-state index contributed by atoms with van der Waals surface area (Å²) < 4.78 is 16.0. The Morgan fingerprint density at radius 3 is 2.81 bits per heavy atom. The van der Waals surface area contributed by atoms with Gasteiger partial charge >= 0.3 is 5.97 Å². The second kappa shape index (κ2) is 6.50. The number of hydrogen-bond acceptors (Lipinski definition) is 4. The summed E-state index contributed by atoms with van der Waals surface area (Å²) >= 11 is 3.34. The highest BCUT2D eigenvalue weighted by Gasteiger charge is 2.06. The normalized spacial score (nSPS) is 9.94. The molecule has 0 fully saturated rings. The Kier molecular flexibility index (Phi) is 5.28. The van der Waals surface area contributed by atoms with Crippen LogP contribution in [0.25, 0.3) is 0 Å². The number of carbonyl (C=O) groups excluding carboxylic acids is 1. The molecular weight excluding hydrogens is 276 g/mol. The third-order valence-electron chi connectivity index (χ3n) is 1.79. The number of esters is 1. The summed E-state index contributed by atoms with van der Waals surface area (Å²) in [7, 11) is 1.55. The first kappa shape index (κ1) is 13.0. The van der Waals surface area contributed by atoms with Gasteiger partial charge in [0.15, 0.2) is 6.79 Å². The van der Waals surface area contributed by atoms with Crippen LogP contribution in [-0.2, 0) is 20.9 Å². The van der Waals surface area contributed by atoms with E-state index in [9.17, 15) is 4.79 Å². The van der Waals surface area contributed by atoms with Gasteiger partial charge in [0.05, 0.1) is 0 Å². The van der Waals surface area contributed by atoms with Crippen LogP contribution in [0.3, 0.4) is 0 Å².